The Morgan fingerprint density at radius 3 is 2.17 bits per heavy atom. The molecule has 1 N–H and O–H groups in total. The van der Waals surface area contributed by atoms with E-state index in [0.717, 1.165) is 33.2 Å². The highest BCUT2D eigenvalue weighted by atomic mass is 32.2. The Labute approximate surface area is 278 Å². The zero-order chi connectivity index (χ0) is 32.6. The van der Waals surface area contributed by atoms with Crippen molar-refractivity contribution in [3.05, 3.63) is 118 Å². The summed E-state index contributed by atoms with van der Waals surface area (Å²) in [4.78, 5) is 43.9. The molecule has 1 atom stereocenters. The highest BCUT2D eigenvalue weighted by molar-refractivity contribution is 7.99. The summed E-state index contributed by atoms with van der Waals surface area (Å²) in [7, 11) is 1.59. The third kappa shape index (κ3) is 8.38. The van der Waals surface area contributed by atoms with Crippen LogP contribution in [-0.4, -0.2) is 44.5 Å². The van der Waals surface area contributed by atoms with Crippen LogP contribution in [0.4, 0.5) is 5.69 Å². The van der Waals surface area contributed by atoms with Gasteiger partial charge in [-0.25, -0.2) is 15.0 Å². The van der Waals surface area contributed by atoms with E-state index in [1.54, 1.807) is 36.3 Å². The maximum Gasteiger partial charge on any atom is 0.251 e. The number of ether oxygens (including phenoxy) is 1. The molecule has 0 spiro atoms. The standard InChI is InChI=1S/C36H37N5O3S2/c1-23(2)26-11-13-28(14-12-26)34(35(43)39-29-15-17-30(44-5)18-16-29)41(33(42)22-46-36-37-24(3)19-25(4)38-36)20-32-40-31(21-45-32)27-9-7-6-8-10-27/h6-19,21,23,34H,20,22H2,1-5H3,(H,39,43)/t34-/m1/s1. The van der Waals surface area contributed by atoms with Crippen LogP contribution in [0.3, 0.4) is 0 Å². The number of amides is 2. The van der Waals surface area contributed by atoms with Crippen LogP contribution >= 0.6 is 23.1 Å². The van der Waals surface area contributed by atoms with Crippen LogP contribution in [0.1, 0.15) is 53.3 Å². The fourth-order valence-corrected chi connectivity index (χ4v) is 6.62. The minimum Gasteiger partial charge on any atom is -0.497 e. The van der Waals surface area contributed by atoms with Crippen molar-refractivity contribution in [3.8, 4) is 17.0 Å². The monoisotopic (exact) mass is 651 g/mol. The third-order valence-electron chi connectivity index (χ3n) is 7.37. The van der Waals surface area contributed by atoms with Crippen molar-refractivity contribution < 1.29 is 14.3 Å². The second-order valence-corrected chi connectivity index (χ2v) is 13.1. The van der Waals surface area contributed by atoms with Crippen molar-refractivity contribution in [2.45, 2.75) is 51.4 Å². The molecule has 0 saturated heterocycles. The molecule has 0 unspecified atom stereocenters. The Hall–Kier alpha value is -4.54. The molecule has 0 radical (unpaired) electrons. The lowest BCUT2D eigenvalue weighted by Gasteiger charge is -2.31. The van der Waals surface area contributed by atoms with Crippen molar-refractivity contribution in [2.75, 3.05) is 18.2 Å². The van der Waals surface area contributed by atoms with Gasteiger partial charge in [0.1, 0.15) is 16.8 Å². The van der Waals surface area contributed by atoms with Gasteiger partial charge in [0.25, 0.3) is 5.91 Å². The smallest absolute Gasteiger partial charge is 0.251 e. The number of carbonyl (C=O) groups excluding carboxylic acids is 2. The number of aromatic nitrogens is 3. The summed E-state index contributed by atoms with van der Waals surface area (Å²) in [5.74, 6) is 0.491. The molecule has 2 heterocycles. The first-order valence-electron chi connectivity index (χ1n) is 15.0. The lowest BCUT2D eigenvalue weighted by Crippen LogP contribution is -2.41. The Kier molecular flexibility index (Phi) is 10.8. The number of anilines is 1. The first-order valence-corrected chi connectivity index (χ1v) is 16.9. The Morgan fingerprint density at radius 1 is 0.891 bits per heavy atom. The van der Waals surface area contributed by atoms with Gasteiger partial charge < -0.3 is 15.0 Å². The average Bonchev–Trinajstić information content (AvgIpc) is 3.52. The molecule has 46 heavy (non-hydrogen) atoms. The fourth-order valence-electron chi connectivity index (χ4n) is 4.98. The molecule has 2 amide bonds. The molecule has 2 aromatic heterocycles. The number of hydrogen-bond donors (Lipinski definition) is 1. The van der Waals surface area contributed by atoms with Crippen molar-refractivity contribution >= 4 is 40.6 Å². The number of nitrogens with one attached hydrogen (secondary N) is 1. The SMILES string of the molecule is COc1ccc(NC(=O)[C@@H](c2ccc(C(C)C)cc2)N(Cc2nc(-c3ccccc3)cs2)C(=O)CSc2nc(C)cc(C)n2)cc1. The summed E-state index contributed by atoms with van der Waals surface area (Å²) >= 11 is 2.73. The number of benzene rings is 3. The van der Waals surface area contributed by atoms with Crippen LogP contribution in [0.5, 0.6) is 5.75 Å². The molecule has 0 saturated carbocycles. The van der Waals surface area contributed by atoms with Crippen LogP contribution in [0.25, 0.3) is 11.3 Å². The second kappa shape index (κ2) is 15.2. The lowest BCUT2D eigenvalue weighted by atomic mass is 9.97. The normalized spacial score (nSPS) is 11.7. The zero-order valence-corrected chi connectivity index (χ0v) is 28.2. The van der Waals surface area contributed by atoms with Crippen LogP contribution in [0.15, 0.2) is 95.5 Å². The van der Waals surface area contributed by atoms with Crippen LogP contribution in [0.2, 0.25) is 0 Å². The first-order chi connectivity index (χ1) is 22.2. The molecule has 0 aliphatic heterocycles. The first kappa shape index (κ1) is 32.8. The van der Waals surface area contributed by atoms with E-state index in [2.05, 4.69) is 29.1 Å². The topological polar surface area (TPSA) is 97.3 Å². The summed E-state index contributed by atoms with van der Waals surface area (Å²) in [6, 6.07) is 25.9. The number of methoxy groups -OCH3 is 1. The molecule has 5 rings (SSSR count). The molecule has 0 bridgehead atoms. The predicted molar refractivity (Wildman–Crippen MR) is 185 cm³/mol. The van der Waals surface area contributed by atoms with E-state index in [1.807, 2.05) is 79.9 Å². The van der Waals surface area contributed by atoms with E-state index in [9.17, 15) is 9.59 Å². The molecular weight excluding hydrogens is 615 g/mol. The Bertz CT molecular complexity index is 1750. The summed E-state index contributed by atoms with van der Waals surface area (Å²) in [6.45, 7) is 8.20. The van der Waals surface area contributed by atoms with Gasteiger partial charge in [-0.1, -0.05) is 80.2 Å². The van der Waals surface area contributed by atoms with E-state index in [-0.39, 0.29) is 24.1 Å². The number of thiazole rings is 1. The van der Waals surface area contributed by atoms with Gasteiger partial charge in [-0.15, -0.1) is 11.3 Å². The largest absolute Gasteiger partial charge is 0.497 e. The minimum atomic E-state index is -0.930. The van der Waals surface area contributed by atoms with Gasteiger partial charge in [0.15, 0.2) is 5.16 Å². The van der Waals surface area contributed by atoms with Crippen LogP contribution < -0.4 is 10.1 Å². The Balaban J connectivity index is 1.51. The highest BCUT2D eigenvalue weighted by Gasteiger charge is 2.33. The van der Waals surface area contributed by atoms with E-state index in [0.29, 0.717) is 28.1 Å². The Morgan fingerprint density at radius 2 is 1.54 bits per heavy atom. The molecular formula is C36H37N5O3S2. The van der Waals surface area contributed by atoms with Crippen molar-refractivity contribution in [1.82, 2.24) is 19.9 Å². The number of nitrogens with zero attached hydrogens (tertiary/aromatic N) is 4. The molecule has 0 aliphatic rings. The molecule has 0 aliphatic carbocycles. The van der Waals surface area contributed by atoms with E-state index in [1.165, 1.54) is 23.1 Å². The van der Waals surface area contributed by atoms with Gasteiger partial charge in [-0.2, -0.15) is 0 Å². The second-order valence-electron chi connectivity index (χ2n) is 11.2. The van der Waals surface area contributed by atoms with E-state index < -0.39 is 6.04 Å². The molecule has 0 fully saturated rings. The van der Waals surface area contributed by atoms with E-state index in [4.69, 9.17) is 9.72 Å². The predicted octanol–water partition coefficient (Wildman–Crippen LogP) is 7.85. The van der Waals surface area contributed by atoms with Gasteiger partial charge >= 0.3 is 0 Å². The summed E-state index contributed by atoms with van der Waals surface area (Å²) < 4.78 is 5.29. The molecule has 10 heteroatoms. The van der Waals surface area contributed by atoms with E-state index >= 15 is 0 Å². The molecule has 3 aromatic carbocycles. The maximum absolute atomic E-state index is 14.2. The van der Waals surface area contributed by atoms with Crippen molar-refractivity contribution in [3.63, 3.8) is 0 Å². The highest BCUT2D eigenvalue weighted by Crippen LogP contribution is 2.31. The average molecular weight is 652 g/mol. The number of carbonyl (C=O) groups is 2. The lowest BCUT2D eigenvalue weighted by molar-refractivity contribution is -0.137. The van der Waals surface area contributed by atoms with Crippen LogP contribution in [0, 0.1) is 13.8 Å². The summed E-state index contributed by atoms with van der Waals surface area (Å²) in [5.41, 5.74) is 5.92. The number of thioether (sulfide) groups is 1. The van der Waals surface area contributed by atoms with Gasteiger partial charge in [0, 0.05) is 28.0 Å². The zero-order valence-electron chi connectivity index (χ0n) is 26.6. The summed E-state index contributed by atoms with van der Waals surface area (Å²) in [5, 5.41) is 6.26. The quantitative estimate of drug-likeness (QED) is 0.108. The van der Waals surface area contributed by atoms with Gasteiger partial charge in [0.2, 0.25) is 5.91 Å². The maximum atomic E-state index is 14.2. The van der Waals surface area contributed by atoms with Gasteiger partial charge in [0.05, 0.1) is 25.1 Å². The van der Waals surface area contributed by atoms with Crippen molar-refractivity contribution in [1.29, 1.82) is 0 Å². The van der Waals surface area contributed by atoms with Gasteiger partial charge in [-0.3, -0.25) is 9.59 Å². The van der Waals surface area contributed by atoms with Gasteiger partial charge in [-0.05, 0) is 61.2 Å². The summed E-state index contributed by atoms with van der Waals surface area (Å²) in [6.07, 6.45) is 0. The molecule has 5 aromatic rings. The minimum absolute atomic E-state index is 0.0518. The van der Waals surface area contributed by atoms with Crippen molar-refractivity contribution in [2.24, 2.45) is 0 Å². The molecule has 8 nitrogen and oxygen atoms in total. The third-order valence-corrected chi connectivity index (χ3v) is 9.04. The molecule has 236 valence electrons. The number of rotatable bonds is 12. The number of aryl methyl sites for hydroxylation is 2. The van der Waals surface area contributed by atoms with Crippen LogP contribution in [-0.2, 0) is 16.1 Å². The number of hydrogen-bond acceptors (Lipinski definition) is 8. The fraction of sp³-hybridized carbons (Fsp3) is 0.250.